The van der Waals surface area contributed by atoms with Crippen LogP contribution in [0.4, 0.5) is 0 Å². The van der Waals surface area contributed by atoms with Gasteiger partial charge in [0.05, 0.1) is 5.56 Å². The highest BCUT2D eigenvalue weighted by Crippen LogP contribution is 2.21. The van der Waals surface area contributed by atoms with Crippen LogP contribution in [0.1, 0.15) is 26.3 Å². The fourth-order valence-electron chi connectivity index (χ4n) is 2.45. The summed E-state index contributed by atoms with van der Waals surface area (Å²) in [5, 5.41) is 1.01. The average Bonchev–Trinajstić information content (AvgIpc) is 2.77. The number of carbonyl (C=O) groups excluding carboxylic acids is 3. The van der Waals surface area contributed by atoms with Crippen LogP contribution in [0.3, 0.4) is 0 Å². The van der Waals surface area contributed by atoms with Gasteiger partial charge in [-0.2, -0.15) is 0 Å². The van der Waals surface area contributed by atoms with E-state index in [1.54, 1.807) is 60.7 Å². The molecule has 0 heterocycles. The van der Waals surface area contributed by atoms with Crippen LogP contribution >= 0.6 is 23.2 Å². The zero-order chi connectivity index (χ0) is 22.2. The van der Waals surface area contributed by atoms with Crippen molar-refractivity contribution >= 4 is 47.1 Å². The van der Waals surface area contributed by atoms with Crippen molar-refractivity contribution in [2.24, 2.45) is 0 Å². The molecule has 0 spiro atoms. The molecule has 2 amide bonds. The van der Waals surface area contributed by atoms with Gasteiger partial charge >= 0.3 is 5.97 Å². The van der Waals surface area contributed by atoms with E-state index in [-0.39, 0.29) is 5.75 Å². The van der Waals surface area contributed by atoms with Crippen LogP contribution in [0.2, 0.25) is 10.0 Å². The molecule has 0 aliphatic heterocycles. The second-order valence-electron chi connectivity index (χ2n) is 6.22. The molecular weight excluding hydrogens is 439 g/mol. The summed E-state index contributed by atoms with van der Waals surface area (Å²) in [6, 6.07) is 19.2. The van der Waals surface area contributed by atoms with Crippen LogP contribution in [0, 0.1) is 0 Å². The van der Waals surface area contributed by atoms with Crippen molar-refractivity contribution in [3.63, 3.8) is 0 Å². The van der Waals surface area contributed by atoms with Gasteiger partial charge < -0.3 is 4.74 Å². The van der Waals surface area contributed by atoms with Gasteiger partial charge in [-0.1, -0.05) is 41.4 Å². The Hall–Kier alpha value is -3.61. The van der Waals surface area contributed by atoms with Gasteiger partial charge in [0, 0.05) is 27.2 Å². The van der Waals surface area contributed by atoms with Crippen molar-refractivity contribution in [1.82, 2.24) is 10.9 Å². The van der Waals surface area contributed by atoms with Crippen LogP contribution in [-0.4, -0.2) is 17.8 Å². The maximum absolute atomic E-state index is 12.3. The first-order valence-corrected chi connectivity index (χ1v) is 9.79. The average molecular weight is 455 g/mol. The molecule has 0 fully saturated rings. The second kappa shape index (κ2) is 10.4. The lowest BCUT2D eigenvalue weighted by Gasteiger charge is -2.08. The third-order valence-corrected chi connectivity index (χ3v) is 4.53. The number of rotatable bonds is 5. The van der Waals surface area contributed by atoms with Gasteiger partial charge in [-0.3, -0.25) is 20.4 Å². The number of hydrazine groups is 1. The highest BCUT2D eigenvalue weighted by molar-refractivity contribution is 6.31. The Morgan fingerprint density at radius 3 is 1.97 bits per heavy atom. The standard InChI is InChI=1S/C23H16Cl2N2O4/c24-18-10-5-16(6-11-18)22(29)27-26-21(28)14-9-15-3-1-2-4-20(15)31-23(30)17-7-12-19(25)13-8-17/h1-14H,(H,26,28)(H,27,29)/b14-9+. The summed E-state index contributed by atoms with van der Waals surface area (Å²) in [7, 11) is 0. The fourth-order valence-corrected chi connectivity index (χ4v) is 2.71. The smallest absolute Gasteiger partial charge is 0.343 e. The van der Waals surface area contributed by atoms with E-state index in [0.717, 1.165) is 0 Å². The van der Waals surface area contributed by atoms with Gasteiger partial charge in [0.25, 0.3) is 11.8 Å². The molecule has 6 nitrogen and oxygen atoms in total. The number of hydrogen-bond donors (Lipinski definition) is 2. The zero-order valence-electron chi connectivity index (χ0n) is 16.0. The summed E-state index contributed by atoms with van der Waals surface area (Å²) in [5.74, 6) is -1.34. The number of carbonyl (C=O) groups is 3. The Bertz CT molecular complexity index is 1130. The van der Waals surface area contributed by atoms with E-state index in [4.69, 9.17) is 27.9 Å². The number of ether oxygens (including phenoxy) is 1. The third-order valence-electron chi connectivity index (χ3n) is 4.02. The summed E-state index contributed by atoms with van der Waals surface area (Å²) >= 11 is 11.6. The number of amides is 2. The first-order chi connectivity index (χ1) is 14.9. The maximum atomic E-state index is 12.3. The normalized spacial score (nSPS) is 10.5. The molecule has 0 aliphatic rings. The lowest BCUT2D eigenvalue weighted by molar-refractivity contribution is -0.117. The first kappa shape index (κ1) is 22.1. The molecule has 0 aromatic heterocycles. The summed E-state index contributed by atoms with van der Waals surface area (Å²) in [6.45, 7) is 0. The largest absolute Gasteiger partial charge is 0.422 e. The van der Waals surface area contributed by atoms with Crippen molar-refractivity contribution in [3.05, 3.63) is 106 Å². The summed E-state index contributed by atoms with van der Waals surface area (Å²) in [6.07, 6.45) is 2.67. The molecule has 0 atom stereocenters. The van der Waals surface area contributed by atoms with Crippen LogP contribution in [0.5, 0.6) is 5.75 Å². The number of benzene rings is 3. The summed E-state index contributed by atoms with van der Waals surface area (Å²) in [5.41, 5.74) is 5.76. The van der Waals surface area contributed by atoms with E-state index in [1.807, 2.05) is 0 Å². The van der Waals surface area contributed by atoms with Gasteiger partial charge in [-0.05, 0) is 60.7 Å². The second-order valence-corrected chi connectivity index (χ2v) is 7.09. The van der Waals surface area contributed by atoms with E-state index in [0.29, 0.717) is 26.7 Å². The van der Waals surface area contributed by atoms with E-state index in [9.17, 15) is 14.4 Å². The van der Waals surface area contributed by atoms with Crippen LogP contribution in [-0.2, 0) is 4.79 Å². The summed E-state index contributed by atoms with van der Waals surface area (Å²) < 4.78 is 5.42. The van der Waals surface area contributed by atoms with Crippen molar-refractivity contribution in [1.29, 1.82) is 0 Å². The van der Waals surface area contributed by atoms with Crippen molar-refractivity contribution < 1.29 is 19.1 Å². The Labute approximate surface area is 188 Å². The van der Waals surface area contributed by atoms with Gasteiger partial charge in [0.15, 0.2) is 0 Å². The molecule has 0 saturated carbocycles. The Morgan fingerprint density at radius 1 is 0.742 bits per heavy atom. The first-order valence-electron chi connectivity index (χ1n) is 9.03. The molecule has 3 aromatic carbocycles. The highest BCUT2D eigenvalue weighted by Gasteiger charge is 2.11. The van der Waals surface area contributed by atoms with Crippen LogP contribution < -0.4 is 15.6 Å². The van der Waals surface area contributed by atoms with E-state index >= 15 is 0 Å². The molecule has 0 radical (unpaired) electrons. The van der Waals surface area contributed by atoms with Crippen molar-refractivity contribution in [2.45, 2.75) is 0 Å². The number of hydrogen-bond acceptors (Lipinski definition) is 4. The fraction of sp³-hybridized carbons (Fsp3) is 0. The van der Waals surface area contributed by atoms with Gasteiger partial charge in [-0.15, -0.1) is 0 Å². The minimum Gasteiger partial charge on any atom is -0.422 e. The number of para-hydroxylation sites is 1. The van der Waals surface area contributed by atoms with Gasteiger partial charge in [0.2, 0.25) is 0 Å². The molecule has 31 heavy (non-hydrogen) atoms. The zero-order valence-corrected chi connectivity index (χ0v) is 17.5. The molecule has 0 saturated heterocycles. The number of nitrogens with one attached hydrogen (secondary N) is 2. The minimum absolute atomic E-state index is 0.275. The lowest BCUT2D eigenvalue weighted by atomic mass is 10.2. The van der Waals surface area contributed by atoms with Crippen LogP contribution in [0.15, 0.2) is 78.9 Å². The van der Waals surface area contributed by atoms with E-state index < -0.39 is 17.8 Å². The molecule has 3 aromatic rings. The molecule has 0 bridgehead atoms. The number of esters is 1. The topological polar surface area (TPSA) is 84.5 Å². The number of halogens is 2. The van der Waals surface area contributed by atoms with Crippen molar-refractivity contribution in [2.75, 3.05) is 0 Å². The molecule has 156 valence electrons. The molecule has 2 N–H and O–H groups in total. The monoisotopic (exact) mass is 454 g/mol. The highest BCUT2D eigenvalue weighted by atomic mass is 35.5. The van der Waals surface area contributed by atoms with Crippen LogP contribution in [0.25, 0.3) is 6.08 Å². The van der Waals surface area contributed by atoms with Gasteiger partial charge in [-0.25, -0.2) is 4.79 Å². The Balaban J connectivity index is 1.60. The van der Waals surface area contributed by atoms with Crippen molar-refractivity contribution in [3.8, 4) is 5.75 Å². The Morgan fingerprint density at radius 2 is 1.32 bits per heavy atom. The van der Waals surface area contributed by atoms with E-state index in [1.165, 1.54) is 24.3 Å². The molecule has 8 heteroatoms. The third kappa shape index (κ3) is 6.44. The lowest BCUT2D eigenvalue weighted by Crippen LogP contribution is -2.40. The molecule has 3 rings (SSSR count). The molecule has 0 aliphatic carbocycles. The predicted molar refractivity (Wildman–Crippen MR) is 119 cm³/mol. The van der Waals surface area contributed by atoms with E-state index in [2.05, 4.69) is 10.9 Å². The molecular formula is C23H16Cl2N2O4. The Kier molecular flexibility index (Phi) is 7.43. The maximum Gasteiger partial charge on any atom is 0.343 e. The quantitative estimate of drug-likeness (QED) is 0.253. The predicted octanol–water partition coefficient (Wildman–Crippen LogP) is 4.69. The summed E-state index contributed by atoms with van der Waals surface area (Å²) in [4.78, 5) is 36.4. The molecule has 0 unspecified atom stereocenters. The minimum atomic E-state index is -0.568. The van der Waals surface area contributed by atoms with Gasteiger partial charge in [0.1, 0.15) is 5.75 Å². The SMILES string of the molecule is O=C(/C=C/c1ccccc1OC(=O)c1ccc(Cl)cc1)NNC(=O)c1ccc(Cl)cc1.